The minimum Gasteiger partial charge on any atom is -0.335 e. The molecule has 3 heteroatoms. The van der Waals surface area contributed by atoms with E-state index in [-0.39, 0.29) is 5.54 Å². The smallest absolute Gasteiger partial charge is 0.161 e. The fourth-order valence-electron chi connectivity index (χ4n) is 3.32. The largest absolute Gasteiger partial charge is 0.335 e. The van der Waals surface area contributed by atoms with Crippen molar-refractivity contribution >= 4 is 22.6 Å². The molecule has 20 heavy (non-hydrogen) atoms. The van der Waals surface area contributed by atoms with Gasteiger partial charge in [0.2, 0.25) is 0 Å². The van der Waals surface area contributed by atoms with E-state index in [2.05, 4.69) is 37.4 Å². The summed E-state index contributed by atoms with van der Waals surface area (Å²) in [5, 5.41) is 4.75. The predicted octanol–water partition coefficient (Wildman–Crippen LogP) is 4.78. The Hall–Kier alpha value is -0.960. The predicted molar refractivity (Wildman–Crippen MR) is 89.9 cm³/mol. The number of benzene rings is 1. The molecule has 1 aromatic carbocycles. The maximum absolute atomic E-state index is 5.06. The quantitative estimate of drug-likeness (QED) is 0.847. The van der Waals surface area contributed by atoms with Crippen LogP contribution in [0.4, 0.5) is 5.69 Å². The Kier molecular flexibility index (Phi) is 4.06. The van der Waals surface area contributed by atoms with Gasteiger partial charge in [0.25, 0.3) is 0 Å². The molecule has 0 radical (unpaired) electrons. The first kappa shape index (κ1) is 14.0. The lowest BCUT2D eigenvalue weighted by Crippen LogP contribution is -2.29. The normalized spacial score (nSPS) is 21.0. The standard InChI is InChI=1S/C17H24N2S/c1-3-14-9-7-8-13(2)15(14)18-16-19-17(12-20-16)10-5-4-6-11-17/h7-9H,3-6,10-12H2,1-2H3,(H,18,19). The number of thioether (sulfide) groups is 1. The average molecular weight is 288 g/mol. The van der Waals surface area contributed by atoms with Crippen LogP contribution in [0, 0.1) is 6.92 Å². The van der Waals surface area contributed by atoms with Crippen LogP contribution in [-0.2, 0) is 6.42 Å². The number of rotatable bonds is 2. The van der Waals surface area contributed by atoms with Gasteiger partial charge in [0, 0.05) is 11.4 Å². The van der Waals surface area contributed by atoms with Crippen molar-refractivity contribution < 1.29 is 0 Å². The highest BCUT2D eigenvalue weighted by molar-refractivity contribution is 8.14. The Morgan fingerprint density at radius 3 is 2.80 bits per heavy atom. The van der Waals surface area contributed by atoms with E-state index < -0.39 is 0 Å². The van der Waals surface area contributed by atoms with Crippen LogP contribution in [0.5, 0.6) is 0 Å². The first-order valence-corrected chi connectivity index (χ1v) is 8.79. The van der Waals surface area contributed by atoms with Gasteiger partial charge in [-0.25, -0.2) is 0 Å². The number of anilines is 1. The molecule has 0 amide bonds. The van der Waals surface area contributed by atoms with E-state index >= 15 is 0 Å². The van der Waals surface area contributed by atoms with Gasteiger partial charge in [0.05, 0.1) is 5.54 Å². The van der Waals surface area contributed by atoms with Crippen LogP contribution in [0.15, 0.2) is 23.2 Å². The Labute approximate surface area is 126 Å². The maximum atomic E-state index is 5.06. The summed E-state index contributed by atoms with van der Waals surface area (Å²) in [6.45, 7) is 4.39. The lowest BCUT2D eigenvalue weighted by molar-refractivity contribution is 0.335. The van der Waals surface area contributed by atoms with Gasteiger partial charge >= 0.3 is 0 Å². The molecule has 108 valence electrons. The zero-order chi connectivity index (χ0) is 14.0. The molecular formula is C17H24N2S. The van der Waals surface area contributed by atoms with E-state index in [4.69, 9.17) is 4.99 Å². The van der Waals surface area contributed by atoms with Crippen molar-refractivity contribution in [2.75, 3.05) is 11.1 Å². The van der Waals surface area contributed by atoms with Gasteiger partial charge in [0.1, 0.15) is 0 Å². The number of hydrogen-bond donors (Lipinski definition) is 1. The van der Waals surface area contributed by atoms with E-state index in [1.54, 1.807) is 0 Å². The van der Waals surface area contributed by atoms with Crippen LogP contribution in [0.2, 0.25) is 0 Å². The molecule has 1 fully saturated rings. The highest BCUT2D eigenvalue weighted by atomic mass is 32.2. The molecule has 0 unspecified atom stereocenters. The van der Waals surface area contributed by atoms with Crippen molar-refractivity contribution in [3.8, 4) is 0 Å². The third-order valence-corrected chi connectivity index (χ3v) is 5.72. The van der Waals surface area contributed by atoms with Gasteiger partial charge < -0.3 is 5.32 Å². The van der Waals surface area contributed by atoms with Gasteiger partial charge in [-0.1, -0.05) is 56.1 Å². The van der Waals surface area contributed by atoms with Gasteiger partial charge in [-0.3, -0.25) is 4.99 Å². The van der Waals surface area contributed by atoms with Crippen LogP contribution >= 0.6 is 11.8 Å². The van der Waals surface area contributed by atoms with Gasteiger partial charge in [-0.15, -0.1) is 0 Å². The zero-order valence-electron chi connectivity index (χ0n) is 12.5. The molecule has 2 aliphatic rings. The second kappa shape index (κ2) is 5.80. The van der Waals surface area contributed by atoms with Gasteiger partial charge in [-0.2, -0.15) is 0 Å². The Bertz CT molecular complexity index is 516. The van der Waals surface area contributed by atoms with Gasteiger partial charge in [0.15, 0.2) is 5.17 Å². The van der Waals surface area contributed by atoms with Crippen LogP contribution in [-0.4, -0.2) is 16.5 Å². The molecule has 1 saturated carbocycles. The molecule has 1 spiro atoms. The molecule has 0 aromatic heterocycles. The number of aryl methyl sites for hydroxylation is 2. The minimum absolute atomic E-state index is 0.250. The lowest BCUT2D eigenvalue weighted by atomic mass is 9.84. The van der Waals surface area contributed by atoms with E-state index in [0.717, 1.165) is 11.6 Å². The van der Waals surface area contributed by atoms with E-state index in [9.17, 15) is 0 Å². The molecule has 2 nitrogen and oxygen atoms in total. The zero-order valence-corrected chi connectivity index (χ0v) is 13.4. The van der Waals surface area contributed by atoms with E-state index in [1.165, 1.54) is 54.7 Å². The fraction of sp³-hybridized carbons (Fsp3) is 0.588. The SMILES string of the molecule is CCc1cccc(C)c1NC1=NC2(CCCCC2)CS1. The summed E-state index contributed by atoms with van der Waals surface area (Å²) in [7, 11) is 0. The number of para-hydroxylation sites is 1. The second-order valence-corrected chi connectivity index (χ2v) is 7.04. The molecule has 3 rings (SSSR count). The van der Waals surface area contributed by atoms with Crippen LogP contribution in [0.1, 0.15) is 50.2 Å². The first-order chi connectivity index (χ1) is 9.72. The van der Waals surface area contributed by atoms with Crippen LogP contribution < -0.4 is 5.32 Å². The molecule has 0 saturated heterocycles. The average Bonchev–Trinajstić information content (AvgIpc) is 2.84. The topological polar surface area (TPSA) is 24.4 Å². The monoisotopic (exact) mass is 288 g/mol. The Balaban J connectivity index is 1.80. The van der Waals surface area contributed by atoms with Gasteiger partial charge in [-0.05, 0) is 37.3 Å². The van der Waals surface area contributed by atoms with Crippen molar-refractivity contribution in [2.24, 2.45) is 4.99 Å². The number of hydrogen-bond acceptors (Lipinski definition) is 3. The highest BCUT2D eigenvalue weighted by Crippen LogP contribution is 2.40. The summed E-state index contributed by atoms with van der Waals surface area (Å²) in [4.78, 5) is 5.06. The van der Waals surface area contributed by atoms with Crippen molar-refractivity contribution in [1.82, 2.24) is 0 Å². The Morgan fingerprint density at radius 2 is 2.05 bits per heavy atom. The molecule has 1 aliphatic heterocycles. The van der Waals surface area contributed by atoms with E-state index in [1.807, 2.05) is 11.8 Å². The first-order valence-electron chi connectivity index (χ1n) is 7.81. The molecular weight excluding hydrogens is 264 g/mol. The lowest BCUT2D eigenvalue weighted by Gasteiger charge is -2.29. The Morgan fingerprint density at radius 1 is 1.25 bits per heavy atom. The molecule has 1 aliphatic carbocycles. The number of amidine groups is 1. The maximum Gasteiger partial charge on any atom is 0.161 e. The molecule has 0 atom stereocenters. The summed E-state index contributed by atoms with van der Waals surface area (Å²) in [5.41, 5.74) is 4.23. The number of nitrogens with zero attached hydrogens (tertiary/aromatic N) is 1. The molecule has 1 heterocycles. The van der Waals surface area contributed by atoms with Crippen LogP contribution in [0.3, 0.4) is 0 Å². The molecule has 1 aromatic rings. The highest BCUT2D eigenvalue weighted by Gasteiger charge is 2.36. The van der Waals surface area contributed by atoms with Crippen molar-refractivity contribution in [3.05, 3.63) is 29.3 Å². The third-order valence-electron chi connectivity index (χ3n) is 4.57. The van der Waals surface area contributed by atoms with Crippen molar-refractivity contribution in [1.29, 1.82) is 0 Å². The summed E-state index contributed by atoms with van der Waals surface area (Å²) in [5.74, 6) is 1.17. The van der Waals surface area contributed by atoms with E-state index in [0.29, 0.717) is 0 Å². The molecule has 1 N–H and O–H groups in total. The number of nitrogens with one attached hydrogen (secondary N) is 1. The second-order valence-electron chi connectivity index (χ2n) is 6.08. The summed E-state index contributed by atoms with van der Waals surface area (Å²) in [6, 6.07) is 6.54. The van der Waals surface area contributed by atoms with Crippen molar-refractivity contribution in [2.45, 2.75) is 57.9 Å². The fourth-order valence-corrected chi connectivity index (χ4v) is 4.51. The summed E-state index contributed by atoms with van der Waals surface area (Å²) in [6.07, 6.45) is 7.71. The summed E-state index contributed by atoms with van der Waals surface area (Å²) >= 11 is 1.91. The summed E-state index contributed by atoms with van der Waals surface area (Å²) < 4.78 is 0. The minimum atomic E-state index is 0.250. The van der Waals surface area contributed by atoms with Crippen LogP contribution in [0.25, 0.3) is 0 Å². The third kappa shape index (κ3) is 2.73. The molecule has 0 bridgehead atoms. The van der Waals surface area contributed by atoms with Crippen molar-refractivity contribution in [3.63, 3.8) is 0 Å². The number of aliphatic imine (C=N–C) groups is 1.